The number of nitrogens with one attached hydrogen (secondary N) is 1. The number of pyridine rings is 2. The van der Waals surface area contributed by atoms with E-state index in [4.69, 9.17) is 9.72 Å². The zero-order valence-electron chi connectivity index (χ0n) is 16.8. The summed E-state index contributed by atoms with van der Waals surface area (Å²) in [7, 11) is 0. The Hall–Kier alpha value is -2.83. The first-order chi connectivity index (χ1) is 14.1. The molecule has 6 nitrogen and oxygen atoms in total. The first-order valence-corrected chi connectivity index (χ1v) is 10.1. The summed E-state index contributed by atoms with van der Waals surface area (Å²) >= 11 is 0. The number of ether oxygens (including phenoxy) is 1. The second-order valence-corrected chi connectivity index (χ2v) is 7.46. The number of hydrogen-bond donors (Lipinski definition) is 1. The Morgan fingerprint density at radius 2 is 1.93 bits per heavy atom. The predicted octanol–water partition coefficient (Wildman–Crippen LogP) is 3.14. The van der Waals surface area contributed by atoms with Gasteiger partial charge in [0.15, 0.2) is 0 Å². The number of fused-ring (bicyclic) bond motifs is 1. The van der Waals surface area contributed by atoms with Crippen molar-refractivity contribution >= 4 is 16.8 Å². The van der Waals surface area contributed by atoms with Crippen molar-refractivity contribution in [3.63, 3.8) is 0 Å². The van der Waals surface area contributed by atoms with Crippen LogP contribution in [0.1, 0.15) is 24.2 Å². The molecule has 2 atom stereocenters. The SMILES string of the molecule is CC(NC(=O)c1cc(-c2cccnc2)nc2ccccc12)C(C)N1CCOCC1. The molecule has 0 spiro atoms. The van der Waals surface area contributed by atoms with Gasteiger partial charge in [-0.05, 0) is 38.1 Å². The highest BCUT2D eigenvalue weighted by molar-refractivity contribution is 6.07. The van der Waals surface area contributed by atoms with E-state index in [0.717, 1.165) is 48.5 Å². The highest BCUT2D eigenvalue weighted by Gasteiger charge is 2.24. The van der Waals surface area contributed by atoms with Crippen LogP contribution in [0.25, 0.3) is 22.2 Å². The Balaban J connectivity index is 1.62. The van der Waals surface area contributed by atoms with Gasteiger partial charge in [0.1, 0.15) is 0 Å². The number of rotatable bonds is 5. The maximum absolute atomic E-state index is 13.2. The molecule has 1 aromatic carbocycles. The second-order valence-electron chi connectivity index (χ2n) is 7.46. The van der Waals surface area contributed by atoms with Crippen molar-refractivity contribution in [1.29, 1.82) is 0 Å². The van der Waals surface area contributed by atoms with E-state index in [-0.39, 0.29) is 18.0 Å². The third kappa shape index (κ3) is 4.28. The smallest absolute Gasteiger partial charge is 0.252 e. The minimum absolute atomic E-state index is 0.00868. The Morgan fingerprint density at radius 3 is 2.69 bits per heavy atom. The van der Waals surface area contributed by atoms with Crippen LogP contribution >= 0.6 is 0 Å². The van der Waals surface area contributed by atoms with Crippen molar-refractivity contribution in [3.8, 4) is 11.3 Å². The Bertz CT molecular complexity index is 987. The first kappa shape index (κ1) is 19.5. The molecule has 3 aromatic rings. The lowest BCUT2D eigenvalue weighted by Crippen LogP contribution is -2.52. The van der Waals surface area contributed by atoms with Gasteiger partial charge in [-0.2, -0.15) is 0 Å². The highest BCUT2D eigenvalue weighted by atomic mass is 16.5. The molecule has 0 aliphatic carbocycles. The van der Waals surface area contributed by atoms with Gasteiger partial charge < -0.3 is 10.1 Å². The molecule has 150 valence electrons. The van der Waals surface area contributed by atoms with E-state index < -0.39 is 0 Å². The zero-order chi connectivity index (χ0) is 20.2. The van der Waals surface area contributed by atoms with Gasteiger partial charge in [-0.3, -0.25) is 14.7 Å². The average Bonchev–Trinajstić information content (AvgIpc) is 2.78. The van der Waals surface area contributed by atoms with Crippen LogP contribution in [0.5, 0.6) is 0 Å². The summed E-state index contributed by atoms with van der Waals surface area (Å²) in [5, 5.41) is 4.05. The topological polar surface area (TPSA) is 67.4 Å². The van der Waals surface area contributed by atoms with Crippen molar-refractivity contribution in [2.24, 2.45) is 0 Å². The fraction of sp³-hybridized carbons (Fsp3) is 0.348. The summed E-state index contributed by atoms with van der Waals surface area (Å²) in [4.78, 5) is 24.5. The lowest BCUT2D eigenvalue weighted by atomic mass is 10.0. The van der Waals surface area contributed by atoms with Crippen LogP contribution in [-0.2, 0) is 4.74 Å². The molecule has 1 aliphatic rings. The van der Waals surface area contributed by atoms with E-state index in [9.17, 15) is 4.79 Å². The summed E-state index contributed by atoms with van der Waals surface area (Å²) in [5.41, 5.74) is 3.07. The van der Waals surface area contributed by atoms with Gasteiger partial charge in [-0.1, -0.05) is 18.2 Å². The highest BCUT2D eigenvalue weighted by Crippen LogP contribution is 2.24. The number of carbonyl (C=O) groups is 1. The fourth-order valence-corrected chi connectivity index (χ4v) is 3.73. The zero-order valence-corrected chi connectivity index (χ0v) is 16.8. The molecule has 6 heteroatoms. The number of carbonyl (C=O) groups excluding carboxylic acids is 1. The van der Waals surface area contributed by atoms with E-state index in [1.165, 1.54) is 0 Å². The van der Waals surface area contributed by atoms with Crippen molar-refractivity contribution in [2.45, 2.75) is 25.9 Å². The normalized spacial score (nSPS) is 17.0. The summed E-state index contributed by atoms with van der Waals surface area (Å²) in [6.07, 6.45) is 3.49. The molecular weight excluding hydrogens is 364 g/mol. The van der Waals surface area contributed by atoms with Crippen LogP contribution in [0.2, 0.25) is 0 Å². The monoisotopic (exact) mass is 390 g/mol. The van der Waals surface area contributed by atoms with Crippen molar-refractivity contribution in [1.82, 2.24) is 20.2 Å². The molecule has 4 rings (SSSR count). The molecular formula is C23H26N4O2. The number of amides is 1. The van der Waals surface area contributed by atoms with Gasteiger partial charge in [-0.15, -0.1) is 0 Å². The van der Waals surface area contributed by atoms with Gasteiger partial charge in [0.2, 0.25) is 0 Å². The molecule has 1 saturated heterocycles. The van der Waals surface area contributed by atoms with E-state index >= 15 is 0 Å². The minimum atomic E-state index is -0.0821. The number of morpholine rings is 1. The molecule has 0 bridgehead atoms. The van der Waals surface area contributed by atoms with E-state index in [1.807, 2.05) is 42.5 Å². The van der Waals surface area contributed by atoms with Crippen LogP contribution in [0.3, 0.4) is 0 Å². The van der Waals surface area contributed by atoms with Crippen molar-refractivity contribution in [2.75, 3.05) is 26.3 Å². The lowest BCUT2D eigenvalue weighted by Gasteiger charge is -2.35. The van der Waals surface area contributed by atoms with Gasteiger partial charge >= 0.3 is 0 Å². The van der Waals surface area contributed by atoms with Gasteiger partial charge in [0, 0.05) is 48.5 Å². The maximum Gasteiger partial charge on any atom is 0.252 e. The van der Waals surface area contributed by atoms with Gasteiger partial charge in [-0.25, -0.2) is 4.98 Å². The first-order valence-electron chi connectivity index (χ1n) is 10.1. The average molecular weight is 390 g/mol. The van der Waals surface area contributed by atoms with Gasteiger partial charge in [0.05, 0.1) is 30.0 Å². The standard InChI is InChI=1S/C23H26N4O2/c1-16(17(2)27-10-12-29-13-11-27)25-23(28)20-14-22(18-6-5-9-24-15-18)26-21-8-4-3-7-19(20)21/h3-9,14-17H,10-13H2,1-2H3,(H,25,28). The molecule has 3 heterocycles. The lowest BCUT2D eigenvalue weighted by molar-refractivity contribution is 0.0137. The van der Waals surface area contributed by atoms with Crippen LogP contribution in [0.4, 0.5) is 0 Å². The summed E-state index contributed by atoms with van der Waals surface area (Å²) in [6.45, 7) is 7.49. The predicted molar refractivity (Wildman–Crippen MR) is 114 cm³/mol. The maximum atomic E-state index is 13.2. The third-order valence-corrected chi connectivity index (χ3v) is 5.62. The second kappa shape index (κ2) is 8.68. The fourth-order valence-electron chi connectivity index (χ4n) is 3.73. The molecule has 1 amide bonds. The molecule has 1 N–H and O–H groups in total. The summed E-state index contributed by atoms with van der Waals surface area (Å²) in [6, 6.07) is 13.7. The Morgan fingerprint density at radius 1 is 1.14 bits per heavy atom. The molecule has 0 saturated carbocycles. The van der Waals surface area contributed by atoms with Crippen LogP contribution in [0.15, 0.2) is 54.9 Å². The number of aromatic nitrogens is 2. The largest absolute Gasteiger partial charge is 0.379 e. The Kier molecular flexibility index (Phi) is 5.83. The molecule has 29 heavy (non-hydrogen) atoms. The molecule has 2 unspecified atom stereocenters. The summed E-state index contributed by atoms with van der Waals surface area (Å²) in [5.74, 6) is -0.0821. The minimum Gasteiger partial charge on any atom is -0.379 e. The van der Waals surface area contributed by atoms with E-state index in [2.05, 4.69) is 29.0 Å². The molecule has 1 aliphatic heterocycles. The quantitative estimate of drug-likeness (QED) is 0.725. The number of para-hydroxylation sites is 1. The molecule has 2 aromatic heterocycles. The number of nitrogens with zero attached hydrogens (tertiary/aromatic N) is 3. The number of hydrogen-bond acceptors (Lipinski definition) is 5. The molecule has 0 radical (unpaired) electrons. The molecule has 1 fully saturated rings. The summed E-state index contributed by atoms with van der Waals surface area (Å²) < 4.78 is 5.44. The van der Waals surface area contributed by atoms with Crippen LogP contribution < -0.4 is 5.32 Å². The van der Waals surface area contributed by atoms with Gasteiger partial charge in [0.25, 0.3) is 5.91 Å². The third-order valence-electron chi connectivity index (χ3n) is 5.62. The number of benzene rings is 1. The van der Waals surface area contributed by atoms with Crippen molar-refractivity contribution in [3.05, 3.63) is 60.4 Å². The van der Waals surface area contributed by atoms with Crippen LogP contribution in [-0.4, -0.2) is 59.2 Å². The van der Waals surface area contributed by atoms with Crippen LogP contribution in [0, 0.1) is 0 Å². The van der Waals surface area contributed by atoms with E-state index in [0.29, 0.717) is 5.56 Å². The van der Waals surface area contributed by atoms with E-state index in [1.54, 1.807) is 12.4 Å². The Labute approximate surface area is 170 Å². The van der Waals surface area contributed by atoms with Crippen molar-refractivity contribution < 1.29 is 9.53 Å².